The van der Waals surface area contributed by atoms with Crippen LogP contribution in [0.4, 0.5) is 0 Å². The Morgan fingerprint density at radius 1 is 1.19 bits per heavy atom. The average Bonchev–Trinajstić information content (AvgIpc) is 2.41. The first kappa shape index (κ1) is 16.4. The fourth-order valence-electron chi connectivity index (χ4n) is 2.34. The highest BCUT2D eigenvalue weighted by Crippen LogP contribution is 2.15. The van der Waals surface area contributed by atoms with Crippen molar-refractivity contribution < 1.29 is 21.9 Å². The van der Waals surface area contributed by atoms with E-state index in [9.17, 15) is 16.8 Å². The summed E-state index contributed by atoms with van der Waals surface area (Å²) in [5.41, 5.74) is 1.25. The molecule has 6 nitrogen and oxygen atoms in total. The summed E-state index contributed by atoms with van der Waals surface area (Å²) >= 11 is 0. The molecule has 0 aromatic heterocycles. The van der Waals surface area contributed by atoms with Crippen LogP contribution in [0.3, 0.4) is 0 Å². The number of hydrogen-bond donors (Lipinski definition) is 2. The minimum atomic E-state index is -3.52. The minimum Gasteiger partial charge on any atom is -0.392 e. The molecule has 1 aliphatic heterocycles. The predicted octanol–water partition coefficient (Wildman–Crippen LogP) is 0.176. The highest BCUT2D eigenvalue weighted by atomic mass is 32.2. The smallest absolute Gasteiger partial charge is 0.216 e. The van der Waals surface area contributed by atoms with Gasteiger partial charge < -0.3 is 5.11 Å². The van der Waals surface area contributed by atoms with Gasteiger partial charge in [0.1, 0.15) is 9.84 Å². The topological polar surface area (TPSA) is 101 Å². The SMILES string of the molecule is O=S1(=O)CCC(NS(=O)(=O)Cc2cccc(CO)c2)CC1. The molecule has 1 aliphatic rings. The summed E-state index contributed by atoms with van der Waals surface area (Å²) in [6, 6.07) is 6.42. The van der Waals surface area contributed by atoms with Gasteiger partial charge in [-0.2, -0.15) is 0 Å². The second kappa shape index (κ2) is 6.43. The Hall–Kier alpha value is -0.960. The molecule has 0 aliphatic carbocycles. The Morgan fingerprint density at radius 2 is 1.81 bits per heavy atom. The van der Waals surface area contributed by atoms with Crippen molar-refractivity contribution in [3.8, 4) is 0 Å². The van der Waals surface area contributed by atoms with Crippen molar-refractivity contribution in [1.82, 2.24) is 4.72 Å². The van der Waals surface area contributed by atoms with E-state index in [-0.39, 0.29) is 29.9 Å². The van der Waals surface area contributed by atoms with Crippen LogP contribution in [0.5, 0.6) is 0 Å². The summed E-state index contributed by atoms with van der Waals surface area (Å²) in [5.74, 6) is -0.121. The summed E-state index contributed by atoms with van der Waals surface area (Å²) in [7, 11) is -6.52. The number of aliphatic hydroxyl groups excluding tert-OH is 1. The maximum atomic E-state index is 12.1. The Morgan fingerprint density at radius 3 is 2.43 bits per heavy atom. The molecule has 0 amide bonds. The third-order valence-corrected chi connectivity index (χ3v) is 6.55. The van der Waals surface area contributed by atoms with E-state index in [1.807, 2.05) is 0 Å². The Bertz CT molecular complexity index is 683. The fourth-order valence-corrected chi connectivity index (χ4v) is 5.28. The molecule has 0 bridgehead atoms. The van der Waals surface area contributed by atoms with Crippen molar-refractivity contribution in [1.29, 1.82) is 0 Å². The maximum absolute atomic E-state index is 12.1. The van der Waals surface area contributed by atoms with Crippen LogP contribution >= 0.6 is 0 Å². The molecule has 118 valence electrons. The monoisotopic (exact) mass is 333 g/mol. The van der Waals surface area contributed by atoms with Crippen molar-refractivity contribution in [3.63, 3.8) is 0 Å². The van der Waals surface area contributed by atoms with E-state index in [1.54, 1.807) is 24.3 Å². The van der Waals surface area contributed by atoms with E-state index in [4.69, 9.17) is 5.11 Å². The second-order valence-corrected chi connectivity index (χ2v) is 9.34. The van der Waals surface area contributed by atoms with Gasteiger partial charge >= 0.3 is 0 Å². The van der Waals surface area contributed by atoms with E-state index in [1.165, 1.54) is 0 Å². The van der Waals surface area contributed by atoms with Crippen molar-refractivity contribution in [2.24, 2.45) is 0 Å². The van der Waals surface area contributed by atoms with Gasteiger partial charge in [-0.3, -0.25) is 0 Å². The molecule has 1 fully saturated rings. The lowest BCUT2D eigenvalue weighted by Gasteiger charge is -2.22. The lowest BCUT2D eigenvalue weighted by atomic mass is 10.1. The lowest BCUT2D eigenvalue weighted by molar-refractivity contribution is 0.282. The van der Waals surface area contributed by atoms with E-state index in [0.29, 0.717) is 24.0 Å². The minimum absolute atomic E-state index is 0.0280. The first-order valence-corrected chi connectivity index (χ1v) is 10.2. The fraction of sp³-hybridized carbons (Fsp3) is 0.538. The van der Waals surface area contributed by atoms with E-state index in [2.05, 4.69) is 4.72 Å². The molecule has 8 heteroatoms. The maximum Gasteiger partial charge on any atom is 0.216 e. The Balaban J connectivity index is 1.99. The van der Waals surface area contributed by atoms with E-state index < -0.39 is 19.9 Å². The molecular formula is C13H19NO5S2. The molecule has 2 N–H and O–H groups in total. The predicted molar refractivity (Wildman–Crippen MR) is 79.8 cm³/mol. The molecule has 21 heavy (non-hydrogen) atoms. The quantitative estimate of drug-likeness (QED) is 0.800. The number of hydrogen-bond acceptors (Lipinski definition) is 5. The van der Waals surface area contributed by atoms with Crippen LogP contribution in [-0.4, -0.2) is 39.5 Å². The van der Waals surface area contributed by atoms with Crippen LogP contribution in [0.1, 0.15) is 24.0 Å². The third-order valence-electron chi connectivity index (χ3n) is 3.43. The highest BCUT2D eigenvalue weighted by Gasteiger charge is 2.26. The van der Waals surface area contributed by atoms with Gasteiger partial charge in [0.2, 0.25) is 10.0 Å². The van der Waals surface area contributed by atoms with Crippen molar-refractivity contribution in [3.05, 3.63) is 35.4 Å². The second-order valence-electron chi connectivity index (χ2n) is 5.28. The summed E-state index contributed by atoms with van der Waals surface area (Å²) in [5, 5.41) is 9.05. The summed E-state index contributed by atoms with van der Waals surface area (Å²) in [6.07, 6.45) is 0.635. The van der Waals surface area contributed by atoms with Crippen LogP contribution in [0.15, 0.2) is 24.3 Å². The zero-order chi connectivity index (χ0) is 15.5. The van der Waals surface area contributed by atoms with Crippen molar-refractivity contribution in [2.45, 2.75) is 31.2 Å². The van der Waals surface area contributed by atoms with E-state index in [0.717, 1.165) is 0 Å². The highest BCUT2D eigenvalue weighted by molar-refractivity contribution is 7.91. The van der Waals surface area contributed by atoms with Gasteiger partial charge in [0, 0.05) is 6.04 Å². The molecule has 1 saturated heterocycles. The zero-order valence-corrected chi connectivity index (χ0v) is 13.2. The summed E-state index contributed by atoms with van der Waals surface area (Å²) in [4.78, 5) is 0. The van der Waals surface area contributed by atoms with Crippen LogP contribution in [-0.2, 0) is 32.2 Å². The van der Waals surface area contributed by atoms with Crippen LogP contribution < -0.4 is 4.72 Å². The van der Waals surface area contributed by atoms with Crippen molar-refractivity contribution in [2.75, 3.05) is 11.5 Å². The average molecular weight is 333 g/mol. The zero-order valence-electron chi connectivity index (χ0n) is 11.5. The van der Waals surface area contributed by atoms with Crippen LogP contribution in [0.2, 0.25) is 0 Å². The van der Waals surface area contributed by atoms with Gasteiger partial charge in [-0.1, -0.05) is 24.3 Å². The first-order valence-electron chi connectivity index (χ1n) is 6.69. The molecule has 1 aromatic rings. The van der Waals surface area contributed by atoms with Crippen LogP contribution in [0.25, 0.3) is 0 Å². The number of rotatable bonds is 5. The Kier molecular flexibility index (Phi) is 5.03. The normalized spacial score (nSPS) is 19.5. The largest absolute Gasteiger partial charge is 0.392 e. The van der Waals surface area contributed by atoms with Gasteiger partial charge in [-0.25, -0.2) is 21.6 Å². The summed E-state index contributed by atoms with van der Waals surface area (Å²) < 4.78 is 49.4. The molecule has 0 radical (unpaired) electrons. The van der Waals surface area contributed by atoms with E-state index >= 15 is 0 Å². The van der Waals surface area contributed by atoms with Crippen LogP contribution in [0, 0.1) is 0 Å². The van der Waals surface area contributed by atoms with Gasteiger partial charge in [0.05, 0.1) is 23.9 Å². The molecule has 1 heterocycles. The number of sulfone groups is 1. The van der Waals surface area contributed by atoms with Gasteiger partial charge in [0.15, 0.2) is 0 Å². The number of nitrogens with one attached hydrogen (secondary N) is 1. The van der Waals surface area contributed by atoms with Gasteiger partial charge in [-0.15, -0.1) is 0 Å². The third kappa shape index (κ3) is 5.06. The molecule has 0 spiro atoms. The van der Waals surface area contributed by atoms with Crippen molar-refractivity contribution >= 4 is 19.9 Å². The first-order chi connectivity index (χ1) is 9.80. The summed E-state index contributed by atoms with van der Waals surface area (Å²) in [6.45, 7) is -0.137. The Labute approximate surface area is 125 Å². The molecule has 2 rings (SSSR count). The van der Waals surface area contributed by atoms with Gasteiger partial charge in [0.25, 0.3) is 0 Å². The molecule has 0 saturated carbocycles. The van der Waals surface area contributed by atoms with Gasteiger partial charge in [-0.05, 0) is 24.0 Å². The standard InChI is InChI=1S/C13H19NO5S2/c15-9-11-2-1-3-12(8-11)10-21(18,19)14-13-4-6-20(16,17)7-5-13/h1-3,8,13-15H,4-7,9-10H2. The molecule has 0 unspecified atom stereocenters. The molecule has 0 atom stereocenters. The number of aliphatic hydroxyl groups is 1. The molecular weight excluding hydrogens is 314 g/mol. The molecule has 1 aromatic carbocycles. The number of benzene rings is 1. The number of sulfonamides is 1. The lowest BCUT2D eigenvalue weighted by Crippen LogP contribution is -2.41.